The molecule has 0 spiro atoms. The van der Waals surface area contributed by atoms with Crippen LogP contribution in [0.4, 0.5) is 4.79 Å². The predicted molar refractivity (Wildman–Crippen MR) is 51.1 cm³/mol. The first-order valence-electron chi connectivity index (χ1n) is 4.96. The van der Waals surface area contributed by atoms with E-state index >= 15 is 0 Å². The van der Waals surface area contributed by atoms with Gasteiger partial charge in [-0.3, -0.25) is 0 Å². The molecule has 1 fully saturated rings. The highest BCUT2D eigenvalue weighted by molar-refractivity contribution is 5.72. The quantitative estimate of drug-likeness (QED) is 0.620. The molecular formula is C10H16N2O. The Morgan fingerprint density at radius 2 is 2.54 bits per heavy atom. The molecule has 0 radical (unpaired) electrons. The van der Waals surface area contributed by atoms with Crippen molar-refractivity contribution in [2.24, 2.45) is 17.6 Å². The Labute approximate surface area is 78.4 Å². The number of primary amides is 1. The predicted octanol–water partition coefficient (Wildman–Crippen LogP) is 1.40. The lowest BCUT2D eigenvalue weighted by molar-refractivity contribution is 0.165. The summed E-state index contributed by atoms with van der Waals surface area (Å²) in [5, 5.41) is 2.79. The number of carbonyl (C=O) groups is 1. The van der Waals surface area contributed by atoms with Gasteiger partial charge in [-0.2, -0.15) is 0 Å². The molecule has 0 aliphatic heterocycles. The summed E-state index contributed by atoms with van der Waals surface area (Å²) in [7, 11) is 0. The second-order valence-corrected chi connectivity index (χ2v) is 4.07. The summed E-state index contributed by atoms with van der Waals surface area (Å²) in [6, 6.07) is -0.0756. The van der Waals surface area contributed by atoms with Crippen molar-refractivity contribution in [2.45, 2.75) is 32.2 Å². The van der Waals surface area contributed by atoms with Gasteiger partial charge in [-0.05, 0) is 25.2 Å². The van der Waals surface area contributed by atoms with E-state index in [0.29, 0.717) is 12.0 Å². The fourth-order valence-electron chi connectivity index (χ4n) is 2.52. The van der Waals surface area contributed by atoms with Gasteiger partial charge in [0.05, 0.1) is 0 Å². The lowest BCUT2D eigenvalue weighted by atomic mass is 9.71. The molecule has 0 aromatic heterocycles. The van der Waals surface area contributed by atoms with Gasteiger partial charge in [-0.25, -0.2) is 4.79 Å². The van der Waals surface area contributed by atoms with Crippen molar-refractivity contribution in [3.05, 3.63) is 11.6 Å². The van der Waals surface area contributed by atoms with Gasteiger partial charge >= 0.3 is 6.03 Å². The van der Waals surface area contributed by atoms with Crippen LogP contribution in [-0.2, 0) is 0 Å². The number of nitrogens with one attached hydrogen (secondary N) is 1. The molecule has 0 aromatic carbocycles. The van der Waals surface area contributed by atoms with Gasteiger partial charge in [0.1, 0.15) is 0 Å². The molecule has 2 aliphatic rings. The van der Waals surface area contributed by atoms with Crippen molar-refractivity contribution < 1.29 is 4.79 Å². The topological polar surface area (TPSA) is 55.1 Å². The van der Waals surface area contributed by atoms with Crippen LogP contribution >= 0.6 is 0 Å². The number of hydrogen-bond donors (Lipinski definition) is 2. The molecule has 1 saturated carbocycles. The lowest BCUT2D eigenvalue weighted by Crippen LogP contribution is -2.51. The van der Waals surface area contributed by atoms with Crippen LogP contribution in [0.1, 0.15) is 26.2 Å². The summed E-state index contributed by atoms with van der Waals surface area (Å²) in [6.07, 6.45) is 5.82. The Balaban J connectivity index is 1.93. The number of hydrogen-bond acceptors (Lipinski definition) is 1. The van der Waals surface area contributed by atoms with Crippen molar-refractivity contribution in [3.63, 3.8) is 0 Å². The molecule has 3 unspecified atom stereocenters. The van der Waals surface area contributed by atoms with Crippen LogP contribution in [-0.4, -0.2) is 12.1 Å². The molecule has 3 atom stereocenters. The summed E-state index contributed by atoms with van der Waals surface area (Å²) >= 11 is 0. The van der Waals surface area contributed by atoms with Crippen molar-refractivity contribution in [2.75, 3.05) is 0 Å². The van der Waals surface area contributed by atoms with Gasteiger partial charge in [0.2, 0.25) is 0 Å². The van der Waals surface area contributed by atoms with Crippen LogP contribution in [0.2, 0.25) is 0 Å². The summed E-state index contributed by atoms with van der Waals surface area (Å²) in [4.78, 5) is 10.6. The summed E-state index contributed by atoms with van der Waals surface area (Å²) in [5.74, 6) is 1.36. The van der Waals surface area contributed by atoms with Gasteiger partial charge < -0.3 is 11.1 Å². The summed E-state index contributed by atoms with van der Waals surface area (Å²) in [5.41, 5.74) is 6.63. The largest absolute Gasteiger partial charge is 0.352 e. The van der Waals surface area contributed by atoms with Crippen LogP contribution in [0.5, 0.6) is 0 Å². The van der Waals surface area contributed by atoms with E-state index in [9.17, 15) is 4.79 Å². The van der Waals surface area contributed by atoms with Gasteiger partial charge in [0.25, 0.3) is 0 Å². The molecule has 13 heavy (non-hydrogen) atoms. The lowest BCUT2D eigenvalue weighted by Gasteiger charge is -2.40. The number of amides is 2. The van der Waals surface area contributed by atoms with Crippen LogP contribution in [0.3, 0.4) is 0 Å². The third-order valence-corrected chi connectivity index (χ3v) is 3.30. The average molecular weight is 180 g/mol. The minimum atomic E-state index is -0.387. The van der Waals surface area contributed by atoms with Crippen molar-refractivity contribution in [3.8, 4) is 0 Å². The molecule has 2 aliphatic carbocycles. The maximum absolute atomic E-state index is 10.6. The summed E-state index contributed by atoms with van der Waals surface area (Å²) < 4.78 is 0. The van der Waals surface area contributed by atoms with E-state index in [-0.39, 0.29) is 6.03 Å². The number of nitrogens with two attached hydrogens (primary N) is 1. The van der Waals surface area contributed by atoms with Crippen molar-refractivity contribution in [1.82, 2.24) is 5.32 Å². The zero-order valence-electron chi connectivity index (χ0n) is 7.92. The first-order chi connectivity index (χ1) is 6.20. The van der Waals surface area contributed by atoms with Crippen molar-refractivity contribution >= 4 is 6.03 Å². The Bertz CT molecular complexity index is 260. The van der Waals surface area contributed by atoms with Gasteiger partial charge in [0, 0.05) is 12.0 Å². The van der Waals surface area contributed by atoms with Gasteiger partial charge in [-0.1, -0.05) is 18.6 Å². The molecule has 0 bridgehead atoms. The first-order valence-corrected chi connectivity index (χ1v) is 4.96. The molecule has 3 heteroatoms. The van der Waals surface area contributed by atoms with E-state index in [1.54, 1.807) is 5.57 Å². The molecule has 2 amide bonds. The average Bonchev–Trinajstić information content (AvgIpc) is 2.38. The standard InChI is InChI=1S/C10H16N2O/c1-2-6-3-7-5-9(8(7)4-6)12-10(11)13/h4,7-9H,2-3,5H2,1H3,(H3,11,12,13). The smallest absolute Gasteiger partial charge is 0.312 e. The van der Waals surface area contributed by atoms with E-state index in [1.165, 1.54) is 6.42 Å². The highest BCUT2D eigenvalue weighted by atomic mass is 16.2. The highest BCUT2D eigenvalue weighted by Gasteiger charge is 2.43. The normalized spacial score (nSPS) is 36.1. The summed E-state index contributed by atoms with van der Waals surface area (Å²) in [6.45, 7) is 2.19. The Hall–Kier alpha value is -0.990. The Morgan fingerprint density at radius 1 is 1.77 bits per heavy atom. The Kier molecular flexibility index (Phi) is 2.02. The number of rotatable bonds is 2. The van der Waals surface area contributed by atoms with Crippen LogP contribution in [0.15, 0.2) is 11.6 Å². The molecular weight excluding hydrogens is 164 g/mol. The molecule has 0 saturated heterocycles. The van der Waals surface area contributed by atoms with Gasteiger partial charge in [0.15, 0.2) is 0 Å². The Morgan fingerprint density at radius 3 is 3.15 bits per heavy atom. The third kappa shape index (κ3) is 1.43. The van der Waals surface area contributed by atoms with Crippen LogP contribution in [0.25, 0.3) is 0 Å². The monoisotopic (exact) mass is 180 g/mol. The third-order valence-electron chi connectivity index (χ3n) is 3.30. The van der Waals surface area contributed by atoms with E-state index in [4.69, 9.17) is 5.73 Å². The minimum Gasteiger partial charge on any atom is -0.352 e. The molecule has 72 valence electrons. The zero-order chi connectivity index (χ0) is 9.42. The molecule has 0 heterocycles. The zero-order valence-corrected chi connectivity index (χ0v) is 7.92. The number of allylic oxidation sites excluding steroid dienone is 1. The molecule has 3 N–H and O–H groups in total. The number of fused-ring (bicyclic) bond motifs is 1. The van der Waals surface area contributed by atoms with Crippen molar-refractivity contribution in [1.29, 1.82) is 0 Å². The van der Waals surface area contributed by atoms with Gasteiger partial charge in [-0.15, -0.1) is 0 Å². The van der Waals surface area contributed by atoms with E-state index in [1.807, 2.05) is 0 Å². The maximum atomic E-state index is 10.6. The molecule has 3 nitrogen and oxygen atoms in total. The number of carbonyl (C=O) groups excluding carboxylic acids is 1. The highest BCUT2D eigenvalue weighted by Crippen LogP contribution is 2.46. The SMILES string of the molecule is CCC1=CC2C(C1)CC2NC(N)=O. The molecule has 0 aromatic rings. The second kappa shape index (κ2) is 3.05. The number of urea groups is 1. The van der Waals surface area contributed by atoms with Crippen LogP contribution < -0.4 is 11.1 Å². The molecule has 2 rings (SSSR count). The second-order valence-electron chi connectivity index (χ2n) is 4.07. The van der Waals surface area contributed by atoms with E-state index in [2.05, 4.69) is 18.3 Å². The van der Waals surface area contributed by atoms with E-state index < -0.39 is 0 Å². The van der Waals surface area contributed by atoms with Crippen LogP contribution in [0, 0.1) is 11.8 Å². The fraction of sp³-hybridized carbons (Fsp3) is 0.700. The van der Waals surface area contributed by atoms with E-state index in [0.717, 1.165) is 18.8 Å². The fourth-order valence-corrected chi connectivity index (χ4v) is 2.52. The maximum Gasteiger partial charge on any atom is 0.312 e. The first kappa shape index (κ1) is 8.60. The minimum absolute atomic E-state index is 0.312.